The fourth-order valence-corrected chi connectivity index (χ4v) is 3.53. The molecule has 0 spiro atoms. The average molecular weight is 431 g/mol. The summed E-state index contributed by atoms with van der Waals surface area (Å²) in [6.45, 7) is 3.72. The summed E-state index contributed by atoms with van der Waals surface area (Å²) in [7, 11) is 1.35. The van der Waals surface area contributed by atoms with Gasteiger partial charge in [0.15, 0.2) is 6.61 Å². The molecule has 2 aromatic carbocycles. The normalized spacial score (nSPS) is 10.7. The number of benzene rings is 2. The topological polar surface area (TPSA) is 96.5 Å². The number of carbonyl (C=O) groups excluding carboxylic acids is 2. The third-order valence-electron chi connectivity index (χ3n) is 5.11. The van der Waals surface area contributed by atoms with Crippen molar-refractivity contribution in [1.29, 1.82) is 0 Å². The first-order chi connectivity index (χ1) is 15.5. The molecule has 0 saturated carbocycles. The van der Waals surface area contributed by atoms with Crippen LogP contribution in [0.15, 0.2) is 65.4 Å². The van der Waals surface area contributed by atoms with Crippen molar-refractivity contribution in [3.63, 3.8) is 0 Å². The quantitative estimate of drug-likeness (QED) is 0.320. The maximum atomic E-state index is 12.8. The molecule has 162 valence electrons. The molecule has 0 N–H and O–H groups in total. The highest BCUT2D eigenvalue weighted by Gasteiger charge is 2.18. The van der Waals surface area contributed by atoms with Gasteiger partial charge in [0, 0.05) is 28.2 Å². The number of methoxy groups -OCH3 is 1. The molecule has 0 unspecified atom stereocenters. The summed E-state index contributed by atoms with van der Waals surface area (Å²) in [5.74, 6) is 0.459. The Morgan fingerprint density at radius 1 is 1.03 bits per heavy atom. The van der Waals surface area contributed by atoms with E-state index in [1.165, 1.54) is 13.5 Å². The molecule has 8 nitrogen and oxygen atoms in total. The number of hydrogen-bond donors (Lipinski definition) is 0. The molecule has 0 bridgehead atoms. The number of carbonyl (C=O) groups is 2. The minimum absolute atomic E-state index is 0.0918. The Kier molecular flexibility index (Phi) is 5.85. The molecule has 0 fully saturated rings. The first-order valence-electron chi connectivity index (χ1n) is 9.88. The Balaban J connectivity index is 1.47. The molecule has 2 heterocycles. The second-order valence-electron chi connectivity index (χ2n) is 7.14. The van der Waals surface area contributed by atoms with Crippen LogP contribution in [0.2, 0.25) is 0 Å². The number of ether oxygens (including phenoxy) is 2. The van der Waals surface area contributed by atoms with E-state index in [2.05, 4.69) is 10.2 Å². The third-order valence-corrected chi connectivity index (χ3v) is 5.11. The van der Waals surface area contributed by atoms with Crippen molar-refractivity contribution in [2.45, 2.75) is 13.8 Å². The van der Waals surface area contributed by atoms with Gasteiger partial charge in [-0.15, -0.1) is 10.2 Å². The molecule has 4 aromatic rings. The van der Waals surface area contributed by atoms with Crippen LogP contribution < -0.4 is 4.74 Å². The van der Waals surface area contributed by atoms with Gasteiger partial charge in [-0.25, -0.2) is 4.79 Å². The number of hydrogen-bond acceptors (Lipinski definition) is 7. The molecular formula is C24H21N3O5. The van der Waals surface area contributed by atoms with Crippen LogP contribution in [0.3, 0.4) is 0 Å². The highest BCUT2D eigenvalue weighted by atomic mass is 16.5. The van der Waals surface area contributed by atoms with E-state index in [1.807, 2.05) is 36.6 Å². The molecule has 0 saturated heterocycles. The predicted octanol–water partition coefficient (Wildman–Crippen LogP) is 4.19. The Bertz CT molecular complexity index is 1240. The van der Waals surface area contributed by atoms with Gasteiger partial charge >= 0.3 is 5.97 Å². The van der Waals surface area contributed by atoms with Crippen molar-refractivity contribution in [3.8, 4) is 22.9 Å². The highest BCUT2D eigenvalue weighted by Crippen LogP contribution is 2.23. The van der Waals surface area contributed by atoms with Crippen molar-refractivity contribution in [1.82, 2.24) is 14.8 Å². The van der Waals surface area contributed by atoms with E-state index in [9.17, 15) is 9.59 Å². The summed E-state index contributed by atoms with van der Waals surface area (Å²) in [4.78, 5) is 24.5. The van der Waals surface area contributed by atoms with Crippen LogP contribution in [0.25, 0.3) is 17.1 Å². The molecule has 8 heteroatoms. The standard InChI is InChI=1S/C24H21N3O5/c1-15-12-21(16(2)27(15)19-8-4-18(5-9-19)24(29)30-3)22(28)13-31-20-10-6-17(7-11-20)23-26-25-14-32-23/h4-12,14H,13H2,1-3H3. The lowest BCUT2D eigenvalue weighted by molar-refractivity contribution is 0.0600. The minimum atomic E-state index is -0.393. The van der Waals surface area contributed by atoms with Gasteiger partial charge < -0.3 is 18.5 Å². The zero-order chi connectivity index (χ0) is 22.7. The lowest BCUT2D eigenvalue weighted by Gasteiger charge is -2.11. The number of ketones is 1. The molecule has 0 aliphatic carbocycles. The molecular weight excluding hydrogens is 410 g/mol. The fraction of sp³-hybridized carbons (Fsp3) is 0.167. The Morgan fingerprint density at radius 3 is 2.38 bits per heavy atom. The zero-order valence-corrected chi connectivity index (χ0v) is 17.9. The smallest absolute Gasteiger partial charge is 0.337 e. The number of nitrogens with zero attached hydrogens (tertiary/aromatic N) is 3. The van der Waals surface area contributed by atoms with E-state index in [-0.39, 0.29) is 12.4 Å². The molecule has 32 heavy (non-hydrogen) atoms. The van der Waals surface area contributed by atoms with Gasteiger partial charge in [0.25, 0.3) is 0 Å². The van der Waals surface area contributed by atoms with Crippen LogP contribution in [0.5, 0.6) is 5.75 Å². The number of rotatable bonds is 7. The van der Waals surface area contributed by atoms with Gasteiger partial charge in [-0.05, 0) is 68.4 Å². The summed E-state index contributed by atoms with van der Waals surface area (Å²) in [5.41, 5.74) is 4.37. The van der Waals surface area contributed by atoms with Crippen molar-refractivity contribution < 1.29 is 23.5 Å². The number of esters is 1. The number of Topliss-reactive ketones (excluding diaryl/α,β-unsaturated/α-hetero) is 1. The van der Waals surface area contributed by atoms with Crippen molar-refractivity contribution >= 4 is 11.8 Å². The first kappa shape index (κ1) is 21.0. The molecule has 0 atom stereocenters. The molecule has 2 aromatic heterocycles. The third kappa shape index (κ3) is 4.15. The average Bonchev–Trinajstić information content (AvgIpc) is 3.45. The fourth-order valence-electron chi connectivity index (χ4n) is 3.53. The SMILES string of the molecule is COC(=O)c1ccc(-n2c(C)cc(C(=O)COc3ccc(-c4nnco4)cc3)c2C)cc1. The molecule has 0 aliphatic rings. The van der Waals surface area contributed by atoms with Crippen molar-refractivity contribution in [2.75, 3.05) is 13.7 Å². The molecule has 0 aliphatic heterocycles. The summed E-state index contributed by atoms with van der Waals surface area (Å²) in [5, 5.41) is 7.51. The number of aromatic nitrogens is 3. The lowest BCUT2D eigenvalue weighted by atomic mass is 10.1. The van der Waals surface area contributed by atoms with Gasteiger partial charge in [0.1, 0.15) is 5.75 Å². The van der Waals surface area contributed by atoms with Gasteiger partial charge in [-0.2, -0.15) is 0 Å². The van der Waals surface area contributed by atoms with Crippen LogP contribution >= 0.6 is 0 Å². The van der Waals surface area contributed by atoms with Gasteiger partial charge in [-0.1, -0.05) is 0 Å². The van der Waals surface area contributed by atoms with Gasteiger partial charge in [0.2, 0.25) is 18.1 Å². The second-order valence-corrected chi connectivity index (χ2v) is 7.14. The maximum Gasteiger partial charge on any atom is 0.337 e. The Labute approximate surface area is 184 Å². The van der Waals surface area contributed by atoms with E-state index in [4.69, 9.17) is 13.9 Å². The van der Waals surface area contributed by atoms with E-state index in [0.717, 1.165) is 22.6 Å². The summed E-state index contributed by atoms with van der Waals surface area (Å²) >= 11 is 0. The summed E-state index contributed by atoms with van der Waals surface area (Å²) in [6.07, 6.45) is 1.27. The van der Waals surface area contributed by atoms with E-state index < -0.39 is 5.97 Å². The number of aryl methyl sites for hydroxylation is 1. The largest absolute Gasteiger partial charge is 0.485 e. The van der Waals surface area contributed by atoms with Crippen LogP contribution in [0.4, 0.5) is 0 Å². The Morgan fingerprint density at radius 2 is 1.75 bits per heavy atom. The zero-order valence-electron chi connectivity index (χ0n) is 17.9. The van der Waals surface area contributed by atoms with Crippen LogP contribution in [-0.4, -0.2) is 40.2 Å². The highest BCUT2D eigenvalue weighted by molar-refractivity contribution is 5.99. The second kappa shape index (κ2) is 8.89. The molecule has 0 amide bonds. The summed E-state index contributed by atoms with van der Waals surface area (Å²) in [6, 6.07) is 16.0. The summed E-state index contributed by atoms with van der Waals surface area (Å²) < 4.78 is 17.5. The monoisotopic (exact) mass is 431 g/mol. The van der Waals surface area contributed by atoms with E-state index in [1.54, 1.807) is 36.4 Å². The van der Waals surface area contributed by atoms with E-state index in [0.29, 0.717) is 22.8 Å². The maximum absolute atomic E-state index is 12.8. The van der Waals surface area contributed by atoms with Crippen LogP contribution in [0.1, 0.15) is 32.1 Å². The lowest BCUT2D eigenvalue weighted by Crippen LogP contribution is -2.12. The minimum Gasteiger partial charge on any atom is -0.485 e. The first-order valence-corrected chi connectivity index (χ1v) is 9.88. The van der Waals surface area contributed by atoms with Crippen LogP contribution in [-0.2, 0) is 4.74 Å². The Hall–Kier alpha value is -4.20. The predicted molar refractivity (Wildman–Crippen MR) is 116 cm³/mol. The van der Waals surface area contributed by atoms with Gasteiger partial charge in [-0.3, -0.25) is 4.79 Å². The van der Waals surface area contributed by atoms with Crippen LogP contribution in [0, 0.1) is 13.8 Å². The molecule has 0 radical (unpaired) electrons. The van der Waals surface area contributed by atoms with Gasteiger partial charge in [0.05, 0.1) is 12.7 Å². The van der Waals surface area contributed by atoms with Crippen molar-refractivity contribution in [2.24, 2.45) is 0 Å². The molecule has 4 rings (SSSR count). The van der Waals surface area contributed by atoms with E-state index >= 15 is 0 Å². The van der Waals surface area contributed by atoms with Crippen molar-refractivity contribution in [3.05, 3.63) is 83.5 Å².